The Morgan fingerprint density at radius 3 is 1.85 bits per heavy atom. The van der Waals surface area contributed by atoms with Crippen LogP contribution in [0, 0.1) is 0 Å². The number of rotatable bonds is 5. The molecule has 40 heavy (non-hydrogen) atoms. The van der Waals surface area contributed by atoms with Gasteiger partial charge in [-0.25, -0.2) is 4.79 Å². The van der Waals surface area contributed by atoms with Crippen LogP contribution in [0.3, 0.4) is 0 Å². The number of ether oxygens (including phenoxy) is 2. The maximum atomic E-state index is 14.2. The molecule has 0 radical (unpaired) electrons. The van der Waals surface area contributed by atoms with Gasteiger partial charge in [0.2, 0.25) is 5.60 Å². The number of hydrogen-bond acceptors (Lipinski definition) is 6. The number of aliphatic hydroxyl groups excluding tert-OH is 1. The summed E-state index contributed by atoms with van der Waals surface area (Å²) in [6.07, 6.45) is -2.27. The quantitative estimate of drug-likeness (QED) is 0.332. The Bertz CT molecular complexity index is 1530. The van der Waals surface area contributed by atoms with E-state index in [2.05, 4.69) is 0 Å². The van der Waals surface area contributed by atoms with Gasteiger partial charge < -0.3 is 24.8 Å². The fraction of sp³-hybridized carbons (Fsp3) is 0.265. The topological polar surface area (TPSA) is 96.2 Å². The van der Waals surface area contributed by atoms with E-state index >= 15 is 0 Å². The summed E-state index contributed by atoms with van der Waals surface area (Å²) in [5.74, 6) is -1.46. The Kier molecular flexibility index (Phi) is 5.57. The molecule has 0 unspecified atom stereocenters. The first-order valence-electron chi connectivity index (χ1n) is 13.6. The molecule has 7 rings (SSSR count). The number of carbonyl (C=O) groups excluding carboxylic acids is 1. The second kappa shape index (κ2) is 8.85. The molecule has 0 spiro atoms. The average molecular weight is 535 g/mol. The van der Waals surface area contributed by atoms with Crippen molar-refractivity contribution in [1.29, 1.82) is 0 Å². The van der Waals surface area contributed by atoms with Gasteiger partial charge in [-0.05, 0) is 28.7 Å². The Labute approximate surface area is 232 Å². The number of esters is 1. The molecule has 4 aromatic rings. The summed E-state index contributed by atoms with van der Waals surface area (Å²) in [5.41, 5.74) is -5.48. The molecule has 0 bridgehead atoms. The molecule has 1 aliphatic carbocycles. The average Bonchev–Trinajstić information content (AvgIpc) is 3.14. The fourth-order valence-electron chi connectivity index (χ4n) is 7.60. The Morgan fingerprint density at radius 2 is 1.25 bits per heavy atom. The molecule has 2 saturated heterocycles. The van der Waals surface area contributed by atoms with E-state index in [0.717, 1.165) is 11.1 Å². The van der Waals surface area contributed by atoms with E-state index in [1.54, 1.807) is 30.3 Å². The van der Waals surface area contributed by atoms with Crippen LogP contribution in [0.25, 0.3) is 0 Å². The molecular formula is C34H30O6. The van der Waals surface area contributed by atoms with Crippen LogP contribution in [0.5, 0.6) is 0 Å². The SMILES string of the molecule is O=C1O[C@@]23[C@H](c4ccccc4)C[C@@H](O)[C@@](O)(c4ccccc4)[C@@]2(O[C@H]3c2ccccc2)[C@]1(O)Cc1ccccc1. The molecule has 7 atom stereocenters. The predicted molar refractivity (Wildman–Crippen MR) is 147 cm³/mol. The van der Waals surface area contributed by atoms with Gasteiger partial charge in [-0.3, -0.25) is 0 Å². The molecule has 2 heterocycles. The summed E-state index contributed by atoms with van der Waals surface area (Å²) in [6, 6.07) is 36.8. The Balaban J connectivity index is 1.54. The number of benzene rings is 4. The summed E-state index contributed by atoms with van der Waals surface area (Å²) < 4.78 is 13.2. The molecule has 202 valence electrons. The van der Waals surface area contributed by atoms with Crippen molar-refractivity contribution in [3.05, 3.63) is 144 Å². The van der Waals surface area contributed by atoms with Gasteiger partial charge in [0, 0.05) is 12.3 Å². The van der Waals surface area contributed by atoms with E-state index in [1.807, 2.05) is 91.0 Å². The standard InChI is InChI=1S/C34H30O6/c35-28-21-27(24-15-7-2-8-16-24)33-29(25-17-9-3-10-18-25)39-34(33,32(28,38)26-19-11-4-12-20-26)31(37,30(36)40-33)22-23-13-5-1-6-14-23/h1-20,27-29,35,37-38H,21-22H2/t27-,28+,29-,31-,32-,33+,34-/m0/s1. The Hall–Kier alpha value is -3.81. The minimum Gasteiger partial charge on any atom is -0.450 e. The summed E-state index contributed by atoms with van der Waals surface area (Å²) in [4.78, 5) is 14.2. The van der Waals surface area contributed by atoms with Crippen LogP contribution in [0.4, 0.5) is 0 Å². The molecule has 4 aromatic carbocycles. The second-order valence-corrected chi connectivity index (χ2v) is 11.1. The first-order chi connectivity index (χ1) is 19.4. The van der Waals surface area contributed by atoms with Crippen molar-refractivity contribution in [2.45, 2.75) is 53.4 Å². The third-order valence-corrected chi connectivity index (χ3v) is 9.23. The van der Waals surface area contributed by atoms with Crippen molar-refractivity contribution in [2.75, 3.05) is 0 Å². The van der Waals surface area contributed by atoms with Crippen LogP contribution in [-0.2, 0) is 26.3 Å². The second-order valence-electron chi connectivity index (χ2n) is 11.1. The highest BCUT2D eigenvalue weighted by Gasteiger charge is 2.95. The normalized spacial score (nSPS) is 36.2. The molecule has 3 fully saturated rings. The van der Waals surface area contributed by atoms with Gasteiger partial charge >= 0.3 is 5.97 Å². The van der Waals surface area contributed by atoms with Crippen LogP contribution in [0.15, 0.2) is 121 Å². The van der Waals surface area contributed by atoms with Crippen LogP contribution < -0.4 is 0 Å². The lowest BCUT2D eigenvalue weighted by atomic mass is 9.45. The summed E-state index contributed by atoms with van der Waals surface area (Å²) in [6.45, 7) is 0. The maximum Gasteiger partial charge on any atom is 0.342 e. The molecule has 3 aliphatic rings. The summed E-state index contributed by atoms with van der Waals surface area (Å²) in [7, 11) is 0. The van der Waals surface area contributed by atoms with E-state index in [4.69, 9.17) is 9.47 Å². The van der Waals surface area contributed by atoms with E-state index in [-0.39, 0.29) is 12.8 Å². The molecule has 2 aliphatic heterocycles. The molecular weight excluding hydrogens is 504 g/mol. The smallest absolute Gasteiger partial charge is 0.342 e. The zero-order valence-electron chi connectivity index (χ0n) is 21.8. The van der Waals surface area contributed by atoms with Crippen molar-refractivity contribution < 1.29 is 29.6 Å². The molecule has 6 nitrogen and oxygen atoms in total. The lowest BCUT2D eigenvalue weighted by molar-refractivity contribution is -0.446. The minimum absolute atomic E-state index is 0.0819. The fourth-order valence-corrected chi connectivity index (χ4v) is 7.60. The maximum absolute atomic E-state index is 14.2. The van der Waals surface area contributed by atoms with Crippen molar-refractivity contribution >= 4 is 5.97 Å². The monoisotopic (exact) mass is 534 g/mol. The van der Waals surface area contributed by atoms with Gasteiger partial charge in [0.15, 0.2) is 16.8 Å². The summed E-state index contributed by atoms with van der Waals surface area (Å²) in [5, 5.41) is 37.4. The molecule has 3 N–H and O–H groups in total. The molecule has 6 heteroatoms. The first-order valence-corrected chi connectivity index (χ1v) is 13.6. The van der Waals surface area contributed by atoms with E-state index < -0.39 is 46.5 Å². The summed E-state index contributed by atoms with van der Waals surface area (Å²) >= 11 is 0. The lowest BCUT2D eigenvalue weighted by Gasteiger charge is -2.71. The van der Waals surface area contributed by atoms with Gasteiger partial charge in [0.1, 0.15) is 6.10 Å². The van der Waals surface area contributed by atoms with Crippen LogP contribution in [-0.4, -0.2) is 44.2 Å². The highest BCUT2D eigenvalue weighted by Crippen LogP contribution is 2.76. The molecule has 1 saturated carbocycles. The van der Waals surface area contributed by atoms with Gasteiger partial charge in [0.05, 0.1) is 6.10 Å². The highest BCUT2D eigenvalue weighted by atomic mass is 16.7. The van der Waals surface area contributed by atoms with Crippen LogP contribution in [0.2, 0.25) is 0 Å². The van der Waals surface area contributed by atoms with Gasteiger partial charge in [-0.15, -0.1) is 0 Å². The van der Waals surface area contributed by atoms with Gasteiger partial charge in [-0.1, -0.05) is 121 Å². The molecule has 0 amide bonds. The van der Waals surface area contributed by atoms with Gasteiger partial charge in [-0.2, -0.15) is 0 Å². The largest absolute Gasteiger partial charge is 0.450 e. The van der Waals surface area contributed by atoms with E-state index in [1.165, 1.54) is 0 Å². The van der Waals surface area contributed by atoms with E-state index in [9.17, 15) is 20.1 Å². The predicted octanol–water partition coefficient (Wildman–Crippen LogP) is 4.20. The highest BCUT2D eigenvalue weighted by molar-refractivity contribution is 5.88. The minimum atomic E-state index is -2.32. The van der Waals surface area contributed by atoms with Crippen LogP contribution >= 0.6 is 0 Å². The van der Waals surface area contributed by atoms with Crippen molar-refractivity contribution in [1.82, 2.24) is 0 Å². The number of carbonyl (C=O) groups is 1. The Morgan fingerprint density at radius 1 is 0.725 bits per heavy atom. The zero-order chi connectivity index (χ0) is 27.6. The van der Waals surface area contributed by atoms with Crippen molar-refractivity contribution in [2.24, 2.45) is 0 Å². The number of hydrogen-bond donors (Lipinski definition) is 3. The number of aliphatic hydroxyl groups is 3. The van der Waals surface area contributed by atoms with E-state index in [0.29, 0.717) is 11.1 Å². The van der Waals surface area contributed by atoms with Crippen molar-refractivity contribution in [3.8, 4) is 0 Å². The third kappa shape index (κ3) is 2.99. The van der Waals surface area contributed by atoms with Crippen molar-refractivity contribution in [3.63, 3.8) is 0 Å². The first kappa shape index (κ1) is 25.2. The molecule has 0 aromatic heterocycles. The van der Waals surface area contributed by atoms with Gasteiger partial charge in [0.25, 0.3) is 0 Å². The third-order valence-electron chi connectivity index (χ3n) is 9.23. The van der Waals surface area contributed by atoms with Crippen LogP contribution in [0.1, 0.15) is 40.7 Å². The zero-order valence-corrected chi connectivity index (χ0v) is 21.8. The lowest BCUT2D eigenvalue weighted by Crippen LogP contribution is -2.88.